The van der Waals surface area contributed by atoms with Crippen LogP contribution in [-0.4, -0.2) is 37.2 Å². The molecule has 0 amide bonds. The molecule has 0 saturated carbocycles. The van der Waals surface area contributed by atoms with Crippen LogP contribution in [0, 0.1) is 0 Å². The molecule has 6 heteroatoms. The third-order valence-electron chi connectivity index (χ3n) is 15.5. The molecule has 6 nitrogen and oxygen atoms in total. The van der Waals surface area contributed by atoms with Crippen molar-refractivity contribution in [2.75, 3.05) is 13.2 Å². The first-order valence-electron chi connectivity index (χ1n) is 33.7. The van der Waals surface area contributed by atoms with E-state index in [0.29, 0.717) is 19.3 Å². The van der Waals surface area contributed by atoms with E-state index in [0.717, 1.165) is 64.2 Å². The van der Waals surface area contributed by atoms with Crippen LogP contribution >= 0.6 is 0 Å². The van der Waals surface area contributed by atoms with Crippen molar-refractivity contribution in [1.82, 2.24) is 0 Å². The van der Waals surface area contributed by atoms with Crippen LogP contribution in [0.4, 0.5) is 0 Å². The Balaban J connectivity index is 3.92. The Kier molecular flexibility index (Phi) is 62.1. The highest BCUT2D eigenvalue weighted by molar-refractivity contribution is 5.71. The van der Waals surface area contributed by atoms with Gasteiger partial charge in [-0.25, -0.2) is 0 Å². The number of esters is 3. The molecule has 0 heterocycles. The first-order chi connectivity index (χ1) is 36.5. The maximum atomic E-state index is 12.8. The summed E-state index contributed by atoms with van der Waals surface area (Å²) in [4.78, 5) is 38.1. The molecule has 438 valence electrons. The fraction of sp³-hybridized carbons (Fsp3) is 0.926. The lowest BCUT2D eigenvalue weighted by Crippen LogP contribution is -2.30. The van der Waals surface area contributed by atoms with Crippen molar-refractivity contribution in [2.45, 2.75) is 393 Å². The molecule has 0 radical (unpaired) electrons. The summed E-state index contributed by atoms with van der Waals surface area (Å²) >= 11 is 0. The van der Waals surface area contributed by atoms with Gasteiger partial charge in [0.1, 0.15) is 13.2 Å². The number of carbonyl (C=O) groups is 3. The Morgan fingerprint density at radius 3 is 0.689 bits per heavy atom. The van der Waals surface area contributed by atoms with Crippen LogP contribution in [0.25, 0.3) is 0 Å². The summed E-state index contributed by atoms with van der Waals surface area (Å²) in [5, 5.41) is 0. The van der Waals surface area contributed by atoms with Crippen LogP contribution in [0.3, 0.4) is 0 Å². The van der Waals surface area contributed by atoms with Gasteiger partial charge in [-0.05, 0) is 44.9 Å². The third kappa shape index (κ3) is 61.0. The molecule has 0 N–H and O–H groups in total. The zero-order valence-corrected chi connectivity index (χ0v) is 50.4. The van der Waals surface area contributed by atoms with Crippen molar-refractivity contribution >= 4 is 17.9 Å². The number of ether oxygens (including phenoxy) is 3. The van der Waals surface area contributed by atoms with Gasteiger partial charge in [-0.2, -0.15) is 0 Å². The van der Waals surface area contributed by atoms with E-state index >= 15 is 0 Å². The van der Waals surface area contributed by atoms with E-state index in [1.54, 1.807) is 0 Å². The third-order valence-corrected chi connectivity index (χ3v) is 15.5. The molecule has 0 aliphatic carbocycles. The molecule has 0 rings (SSSR count). The highest BCUT2D eigenvalue weighted by Crippen LogP contribution is 2.19. The Hall–Kier alpha value is -1.85. The van der Waals surface area contributed by atoms with E-state index in [4.69, 9.17) is 14.2 Å². The van der Waals surface area contributed by atoms with Gasteiger partial charge in [0, 0.05) is 19.3 Å². The van der Waals surface area contributed by atoms with E-state index < -0.39 is 6.10 Å². The lowest BCUT2D eigenvalue weighted by Gasteiger charge is -2.18. The number of hydrogen-bond acceptors (Lipinski definition) is 6. The van der Waals surface area contributed by atoms with Crippen molar-refractivity contribution in [3.05, 3.63) is 12.2 Å². The fourth-order valence-electron chi connectivity index (χ4n) is 10.4. The molecule has 0 aliphatic heterocycles. The second kappa shape index (κ2) is 63.7. The first kappa shape index (κ1) is 72.2. The van der Waals surface area contributed by atoms with E-state index in [2.05, 4.69) is 32.9 Å². The van der Waals surface area contributed by atoms with Gasteiger partial charge < -0.3 is 14.2 Å². The predicted octanol–water partition coefficient (Wildman–Crippen LogP) is 22.8. The standard InChI is InChI=1S/C68H130O6/c1-4-7-10-13-16-19-21-23-24-25-26-27-28-29-30-31-32-33-34-35-36-37-38-39-40-41-42-43-45-46-49-52-55-58-61-67(70)73-64-65(63-72-66(69)60-57-54-51-48-18-15-12-9-6-3)74-68(71)62-59-56-53-50-47-44-22-20-17-14-11-8-5-2/h20,22,65H,4-19,21,23-64H2,1-3H3/b22-20-. The normalized spacial score (nSPS) is 12.0. The van der Waals surface area contributed by atoms with Crippen LogP contribution in [0.2, 0.25) is 0 Å². The lowest BCUT2D eigenvalue weighted by molar-refractivity contribution is -0.167. The quantitative estimate of drug-likeness (QED) is 0.0261. The molecule has 0 aliphatic rings. The zero-order chi connectivity index (χ0) is 53.6. The first-order valence-corrected chi connectivity index (χ1v) is 33.7. The smallest absolute Gasteiger partial charge is 0.306 e. The van der Waals surface area contributed by atoms with Gasteiger partial charge in [0.05, 0.1) is 0 Å². The van der Waals surface area contributed by atoms with Gasteiger partial charge in [0.25, 0.3) is 0 Å². The molecule has 1 unspecified atom stereocenters. The highest BCUT2D eigenvalue weighted by Gasteiger charge is 2.19. The van der Waals surface area contributed by atoms with Gasteiger partial charge in [-0.3, -0.25) is 14.4 Å². The molecule has 0 fully saturated rings. The number of carbonyl (C=O) groups excluding carboxylic acids is 3. The predicted molar refractivity (Wildman–Crippen MR) is 321 cm³/mol. The number of allylic oxidation sites excluding steroid dienone is 2. The van der Waals surface area contributed by atoms with Gasteiger partial charge in [-0.15, -0.1) is 0 Å². The van der Waals surface area contributed by atoms with Crippen LogP contribution in [0.1, 0.15) is 387 Å². The molecule has 0 saturated heterocycles. The molecule has 0 bridgehead atoms. The Morgan fingerprint density at radius 2 is 0.446 bits per heavy atom. The molecule has 0 aromatic rings. The van der Waals surface area contributed by atoms with Gasteiger partial charge in [-0.1, -0.05) is 335 Å². The van der Waals surface area contributed by atoms with Crippen LogP contribution in [0.5, 0.6) is 0 Å². The Bertz CT molecular complexity index is 1150. The molecule has 74 heavy (non-hydrogen) atoms. The summed E-state index contributed by atoms with van der Waals surface area (Å²) in [6.45, 7) is 6.66. The SMILES string of the molecule is CCCCCC/C=C\CCCCCCCC(=O)OC(COC(=O)CCCCCCCCCCC)COC(=O)CCCCCCCCCCCCCCCCCCCCCCCCCCCCCCCCCCCC. The van der Waals surface area contributed by atoms with E-state index in [-0.39, 0.29) is 31.1 Å². The summed E-state index contributed by atoms with van der Waals surface area (Å²) in [5.74, 6) is -0.855. The van der Waals surface area contributed by atoms with Crippen molar-refractivity contribution in [2.24, 2.45) is 0 Å². The van der Waals surface area contributed by atoms with E-state index in [9.17, 15) is 14.4 Å². The monoisotopic (exact) mass is 1040 g/mol. The average molecular weight is 1040 g/mol. The van der Waals surface area contributed by atoms with Crippen molar-refractivity contribution < 1.29 is 28.6 Å². The summed E-state index contributed by atoms with van der Waals surface area (Å²) in [6, 6.07) is 0. The molecule has 1 atom stereocenters. The molecule has 0 aromatic heterocycles. The number of hydrogen-bond donors (Lipinski definition) is 0. The van der Waals surface area contributed by atoms with Crippen LogP contribution < -0.4 is 0 Å². The molecule has 0 spiro atoms. The van der Waals surface area contributed by atoms with Crippen molar-refractivity contribution in [1.29, 1.82) is 0 Å². The van der Waals surface area contributed by atoms with E-state index in [1.807, 2.05) is 0 Å². The minimum atomic E-state index is -0.768. The van der Waals surface area contributed by atoms with E-state index in [1.165, 1.54) is 283 Å². The van der Waals surface area contributed by atoms with Crippen LogP contribution in [-0.2, 0) is 28.6 Å². The van der Waals surface area contributed by atoms with Crippen molar-refractivity contribution in [3.8, 4) is 0 Å². The fourth-order valence-corrected chi connectivity index (χ4v) is 10.4. The zero-order valence-electron chi connectivity index (χ0n) is 50.4. The minimum absolute atomic E-state index is 0.0678. The largest absolute Gasteiger partial charge is 0.462 e. The highest BCUT2D eigenvalue weighted by atomic mass is 16.6. The second-order valence-electron chi connectivity index (χ2n) is 23.1. The molecule has 0 aromatic carbocycles. The average Bonchev–Trinajstić information content (AvgIpc) is 3.40. The summed E-state index contributed by atoms with van der Waals surface area (Å²) < 4.78 is 16.9. The minimum Gasteiger partial charge on any atom is -0.462 e. The Labute approximate surface area is 462 Å². The summed E-state index contributed by atoms with van der Waals surface area (Å²) in [6.07, 6.45) is 75.6. The Morgan fingerprint density at radius 1 is 0.257 bits per heavy atom. The van der Waals surface area contributed by atoms with Gasteiger partial charge in [0.15, 0.2) is 6.10 Å². The lowest BCUT2D eigenvalue weighted by atomic mass is 10.0. The maximum absolute atomic E-state index is 12.8. The van der Waals surface area contributed by atoms with Gasteiger partial charge in [0.2, 0.25) is 0 Å². The molecular weight excluding hydrogens is 913 g/mol. The summed E-state index contributed by atoms with van der Waals surface area (Å²) in [5.41, 5.74) is 0. The molecular formula is C68H130O6. The second-order valence-corrected chi connectivity index (χ2v) is 23.1. The van der Waals surface area contributed by atoms with Crippen LogP contribution in [0.15, 0.2) is 12.2 Å². The van der Waals surface area contributed by atoms with Crippen molar-refractivity contribution in [3.63, 3.8) is 0 Å². The number of rotatable bonds is 63. The topological polar surface area (TPSA) is 78.9 Å². The number of unbranched alkanes of at least 4 members (excludes halogenated alkanes) is 50. The maximum Gasteiger partial charge on any atom is 0.306 e. The summed E-state index contributed by atoms with van der Waals surface area (Å²) in [7, 11) is 0. The van der Waals surface area contributed by atoms with Gasteiger partial charge >= 0.3 is 17.9 Å².